The average molecular weight is 251 g/mol. The molecule has 5 nitrogen and oxygen atoms in total. The van der Waals surface area contributed by atoms with Crippen LogP contribution in [0.25, 0.3) is 0 Å². The molecule has 0 fully saturated rings. The quantitative estimate of drug-likeness (QED) is 0.879. The van der Waals surface area contributed by atoms with Gasteiger partial charge in [0, 0.05) is 23.7 Å². The number of aryl methyl sites for hydroxylation is 2. The van der Waals surface area contributed by atoms with Crippen LogP contribution in [0.15, 0.2) is 12.4 Å². The Bertz CT molecular complexity index is 462. The zero-order valence-electron chi connectivity index (χ0n) is 10.3. The number of nitrogens with one attached hydrogen (secondary N) is 1. The van der Waals surface area contributed by atoms with Crippen molar-refractivity contribution in [1.29, 1.82) is 0 Å². The van der Waals surface area contributed by atoms with Crippen molar-refractivity contribution < 1.29 is 0 Å². The minimum atomic E-state index is 0.338. The lowest BCUT2D eigenvalue weighted by Gasteiger charge is -2.12. The van der Waals surface area contributed by atoms with E-state index in [1.807, 2.05) is 17.8 Å². The summed E-state index contributed by atoms with van der Waals surface area (Å²) in [5.41, 5.74) is 1.13. The molecule has 0 aliphatic heterocycles. The van der Waals surface area contributed by atoms with E-state index in [-0.39, 0.29) is 0 Å². The summed E-state index contributed by atoms with van der Waals surface area (Å²) in [5.74, 6) is 0. The second-order valence-corrected chi connectivity index (χ2v) is 5.26. The maximum atomic E-state index is 4.44. The molecule has 17 heavy (non-hydrogen) atoms. The fourth-order valence-electron chi connectivity index (χ4n) is 1.79. The lowest BCUT2D eigenvalue weighted by molar-refractivity contribution is 0.501. The normalized spacial score (nSPS) is 12.9. The van der Waals surface area contributed by atoms with Gasteiger partial charge in [-0.05, 0) is 20.8 Å². The molecular weight excluding hydrogens is 234 g/mol. The van der Waals surface area contributed by atoms with Gasteiger partial charge in [0.15, 0.2) is 0 Å². The third-order valence-electron chi connectivity index (χ3n) is 2.60. The van der Waals surface area contributed by atoms with Crippen molar-refractivity contribution in [2.24, 2.45) is 0 Å². The predicted molar refractivity (Wildman–Crippen MR) is 68.0 cm³/mol. The van der Waals surface area contributed by atoms with Crippen LogP contribution in [-0.2, 0) is 6.54 Å². The van der Waals surface area contributed by atoms with Crippen molar-refractivity contribution in [3.8, 4) is 0 Å². The van der Waals surface area contributed by atoms with Gasteiger partial charge in [0.25, 0.3) is 0 Å². The lowest BCUT2D eigenvalue weighted by Crippen LogP contribution is -2.23. The summed E-state index contributed by atoms with van der Waals surface area (Å²) < 4.78 is 1.82. The van der Waals surface area contributed by atoms with Crippen LogP contribution in [0.5, 0.6) is 0 Å². The molecule has 2 rings (SSSR count). The molecule has 0 radical (unpaired) electrons. The SMILES string of the molecule is Cc1nc(C)c(C(C)NCCn2ccnn2)s1. The Kier molecular flexibility index (Phi) is 3.86. The molecule has 0 bridgehead atoms. The van der Waals surface area contributed by atoms with E-state index < -0.39 is 0 Å². The second kappa shape index (κ2) is 5.37. The number of thiazole rings is 1. The van der Waals surface area contributed by atoms with E-state index in [1.165, 1.54) is 4.88 Å². The summed E-state index contributed by atoms with van der Waals surface area (Å²) in [6.45, 7) is 7.99. The van der Waals surface area contributed by atoms with Crippen LogP contribution in [-0.4, -0.2) is 26.5 Å². The molecule has 0 aliphatic carbocycles. The van der Waals surface area contributed by atoms with Gasteiger partial charge >= 0.3 is 0 Å². The largest absolute Gasteiger partial charge is 0.308 e. The van der Waals surface area contributed by atoms with Gasteiger partial charge in [0.05, 0.1) is 23.4 Å². The summed E-state index contributed by atoms with van der Waals surface area (Å²) in [7, 11) is 0. The first-order valence-electron chi connectivity index (χ1n) is 5.68. The Morgan fingerprint density at radius 1 is 1.47 bits per heavy atom. The maximum Gasteiger partial charge on any atom is 0.0900 e. The molecule has 0 saturated carbocycles. The minimum Gasteiger partial charge on any atom is -0.308 e. The first-order valence-corrected chi connectivity index (χ1v) is 6.50. The van der Waals surface area contributed by atoms with Crippen molar-refractivity contribution in [2.45, 2.75) is 33.4 Å². The molecule has 2 heterocycles. The van der Waals surface area contributed by atoms with Crippen molar-refractivity contribution in [1.82, 2.24) is 25.3 Å². The summed E-state index contributed by atoms with van der Waals surface area (Å²) in [6.07, 6.45) is 3.56. The van der Waals surface area contributed by atoms with Crippen LogP contribution in [0.2, 0.25) is 0 Å². The van der Waals surface area contributed by atoms with Gasteiger partial charge in [-0.2, -0.15) is 0 Å². The van der Waals surface area contributed by atoms with E-state index >= 15 is 0 Å². The first-order chi connectivity index (χ1) is 8.16. The van der Waals surface area contributed by atoms with Gasteiger partial charge in [-0.1, -0.05) is 5.21 Å². The van der Waals surface area contributed by atoms with Crippen molar-refractivity contribution in [2.75, 3.05) is 6.54 Å². The molecule has 0 aliphatic rings. The van der Waals surface area contributed by atoms with Crippen LogP contribution in [0, 0.1) is 13.8 Å². The highest BCUT2D eigenvalue weighted by Gasteiger charge is 2.11. The lowest BCUT2D eigenvalue weighted by atomic mass is 10.2. The van der Waals surface area contributed by atoms with Crippen LogP contribution < -0.4 is 5.32 Å². The monoisotopic (exact) mass is 251 g/mol. The molecule has 1 unspecified atom stereocenters. The highest BCUT2D eigenvalue weighted by Crippen LogP contribution is 2.23. The van der Waals surface area contributed by atoms with Gasteiger partial charge < -0.3 is 5.32 Å². The third-order valence-corrected chi connectivity index (χ3v) is 3.85. The van der Waals surface area contributed by atoms with Crippen LogP contribution in [0.4, 0.5) is 0 Å². The van der Waals surface area contributed by atoms with Crippen LogP contribution in [0.1, 0.15) is 28.5 Å². The van der Waals surface area contributed by atoms with Gasteiger partial charge in [-0.3, -0.25) is 4.68 Å². The molecule has 0 aromatic carbocycles. The first kappa shape index (κ1) is 12.2. The summed E-state index contributed by atoms with van der Waals surface area (Å²) in [6, 6.07) is 0.338. The standard InChI is InChI=1S/C11H17N5S/c1-8(11-9(2)14-10(3)17-11)12-4-6-16-7-5-13-15-16/h5,7-8,12H,4,6H2,1-3H3. The summed E-state index contributed by atoms with van der Waals surface area (Å²) >= 11 is 1.76. The third kappa shape index (κ3) is 3.10. The highest BCUT2D eigenvalue weighted by molar-refractivity contribution is 7.11. The fourth-order valence-corrected chi connectivity index (χ4v) is 2.74. The van der Waals surface area contributed by atoms with Crippen molar-refractivity contribution >= 4 is 11.3 Å². The van der Waals surface area contributed by atoms with E-state index in [2.05, 4.69) is 34.5 Å². The predicted octanol–water partition coefficient (Wildman–Crippen LogP) is 1.70. The molecular formula is C11H17N5S. The summed E-state index contributed by atoms with van der Waals surface area (Å²) in [4.78, 5) is 5.76. The molecule has 1 atom stereocenters. The van der Waals surface area contributed by atoms with E-state index in [4.69, 9.17) is 0 Å². The topological polar surface area (TPSA) is 55.6 Å². The van der Waals surface area contributed by atoms with E-state index in [1.54, 1.807) is 17.5 Å². The van der Waals surface area contributed by atoms with Gasteiger partial charge in [0.2, 0.25) is 0 Å². The van der Waals surface area contributed by atoms with E-state index in [0.29, 0.717) is 6.04 Å². The average Bonchev–Trinajstić information content (AvgIpc) is 2.88. The van der Waals surface area contributed by atoms with Crippen molar-refractivity contribution in [3.05, 3.63) is 28.0 Å². The molecule has 0 spiro atoms. The Hall–Kier alpha value is -1.27. The van der Waals surface area contributed by atoms with Gasteiger partial charge in [-0.15, -0.1) is 16.4 Å². The number of hydrogen-bond acceptors (Lipinski definition) is 5. The molecule has 6 heteroatoms. The zero-order valence-corrected chi connectivity index (χ0v) is 11.2. The van der Waals surface area contributed by atoms with E-state index in [0.717, 1.165) is 23.8 Å². The second-order valence-electron chi connectivity index (χ2n) is 4.02. The zero-order chi connectivity index (χ0) is 12.3. The van der Waals surface area contributed by atoms with Gasteiger partial charge in [0.1, 0.15) is 0 Å². The molecule has 2 aromatic rings. The van der Waals surface area contributed by atoms with Gasteiger partial charge in [-0.25, -0.2) is 4.98 Å². The fraction of sp³-hybridized carbons (Fsp3) is 0.545. The molecule has 0 amide bonds. The Balaban J connectivity index is 1.85. The van der Waals surface area contributed by atoms with Crippen molar-refractivity contribution in [3.63, 3.8) is 0 Å². The van der Waals surface area contributed by atoms with E-state index in [9.17, 15) is 0 Å². The molecule has 0 saturated heterocycles. The number of aromatic nitrogens is 4. The number of hydrogen-bond donors (Lipinski definition) is 1. The number of nitrogens with zero attached hydrogens (tertiary/aromatic N) is 4. The Morgan fingerprint density at radius 2 is 2.29 bits per heavy atom. The Labute approximate surface area is 105 Å². The molecule has 1 N–H and O–H groups in total. The molecule has 92 valence electrons. The summed E-state index contributed by atoms with van der Waals surface area (Å²) in [5, 5.41) is 12.3. The smallest absolute Gasteiger partial charge is 0.0900 e. The number of rotatable bonds is 5. The molecule has 2 aromatic heterocycles. The minimum absolute atomic E-state index is 0.338. The highest BCUT2D eigenvalue weighted by atomic mass is 32.1. The maximum absolute atomic E-state index is 4.44. The van der Waals surface area contributed by atoms with Crippen LogP contribution >= 0.6 is 11.3 Å². The Morgan fingerprint density at radius 3 is 2.88 bits per heavy atom. The van der Waals surface area contributed by atoms with Crippen LogP contribution in [0.3, 0.4) is 0 Å².